The van der Waals surface area contributed by atoms with Crippen LogP contribution in [0.15, 0.2) is 0 Å². The van der Waals surface area contributed by atoms with E-state index in [0.717, 1.165) is 0 Å². The first-order valence-corrected chi connectivity index (χ1v) is 5.66. The van der Waals surface area contributed by atoms with Crippen molar-refractivity contribution >= 4 is 23.6 Å². The van der Waals surface area contributed by atoms with Gasteiger partial charge in [0.05, 0.1) is 12.3 Å². The van der Waals surface area contributed by atoms with E-state index in [1.165, 1.54) is 18.9 Å². The van der Waals surface area contributed by atoms with Crippen molar-refractivity contribution in [1.29, 1.82) is 0 Å². The van der Waals surface area contributed by atoms with Crippen molar-refractivity contribution in [3.63, 3.8) is 0 Å². The largest absolute Gasteiger partial charge is 0.479 e. The Morgan fingerprint density at radius 3 is 2.47 bits per heavy atom. The van der Waals surface area contributed by atoms with Gasteiger partial charge in [0.25, 0.3) is 0 Å². The maximum atomic E-state index is 11.2. The monoisotopic (exact) mass is 235 g/mol. The summed E-state index contributed by atoms with van der Waals surface area (Å²) in [5.74, 6) is -0.903. The van der Waals surface area contributed by atoms with Crippen LogP contribution in [0.4, 0.5) is 0 Å². The van der Waals surface area contributed by atoms with Crippen LogP contribution in [0.2, 0.25) is 0 Å². The number of methoxy groups -OCH3 is 1. The molecule has 6 heteroatoms. The standard InChI is InChI=1S/C9H17NO4S/c1-6(2)15-5-8(11)10-4-7(14-3)9(12)13/h6-7H,4-5H2,1-3H3,(H,10,11)(H,12,13). The zero-order valence-electron chi connectivity index (χ0n) is 9.15. The predicted octanol–water partition coefficient (Wildman–Crippen LogP) is 0.344. The number of thioether (sulfide) groups is 1. The summed E-state index contributed by atoms with van der Waals surface area (Å²) < 4.78 is 4.67. The minimum absolute atomic E-state index is 0.00330. The number of rotatable bonds is 7. The van der Waals surface area contributed by atoms with Crippen LogP contribution < -0.4 is 5.32 Å². The Morgan fingerprint density at radius 2 is 2.07 bits per heavy atom. The summed E-state index contributed by atoms with van der Waals surface area (Å²) >= 11 is 1.51. The topological polar surface area (TPSA) is 75.6 Å². The van der Waals surface area contributed by atoms with Crippen molar-refractivity contribution in [2.24, 2.45) is 0 Å². The molecule has 0 aliphatic rings. The molecule has 5 nitrogen and oxygen atoms in total. The molecule has 0 aromatic heterocycles. The van der Waals surface area contributed by atoms with E-state index in [2.05, 4.69) is 10.1 Å². The average molecular weight is 235 g/mol. The molecule has 0 rings (SSSR count). The van der Waals surface area contributed by atoms with E-state index in [1.54, 1.807) is 0 Å². The molecule has 0 aromatic rings. The number of hydrogen-bond acceptors (Lipinski definition) is 4. The quantitative estimate of drug-likeness (QED) is 0.665. The van der Waals surface area contributed by atoms with Crippen LogP contribution in [0.25, 0.3) is 0 Å². The van der Waals surface area contributed by atoms with Gasteiger partial charge in [0, 0.05) is 7.11 Å². The van der Waals surface area contributed by atoms with Crippen LogP contribution in [0.1, 0.15) is 13.8 Å². The minimum atomic E-state index is -1.07. The Morgan fingerprint density at radius 1 is 1.47 bits per heavy atom. The van der Waals surface area contributed by atoms with Crippen molar-refractivity contribution in [3.8, 4) is 0 Å². The van der Waals surface area contributed by atoms with Crippen LogP contribution in [0.5, 0.6) is 0 Å². The molecular weight excluding hydrogens is 218 g/mol. The summed E-state index contributed by atoms with van der Waals surface area (Å²) in [7, 11) is 1.30. The van der Waals surface area contributed by atoms with E-state index in [4.69, 9.17) is 5.11 Å². The maximum absolute atomic E-state index is 11.2. The van der Waals surface area contributed by atoms with Gasteiger partial charge in [-0.2, -0.15) is 0 Å². The summed E-state index contributed by atoms with van der Waals surface area (Å²) in [6.07, 6.45) is -0.974. The summed E-state index contributed by atoms with van der Waals surface area (Å²) in [6, 6.07) is 0. The van der Waals surface area contributed by atoms with Crippen molar-refractivity contribution in [2.45, 2.75) is 25.2 Å². The lowest BCUT2D eigenvalue weighted by Crippen LogP contribution is -2.38. The molecule has 0 heterocycles. The number of nitrogens with one attached hydrogen (secondary N) is 1. The van der Waals surface area contributed by atoms with Crippen LogP contribution in [0.3, 0.4) is 0 Å². The van der Waals surface area contributed by atoms with Gasteiger partial charge in [0.1, 0.15) is 0 Å². The molecular formula is C9H17NO4S. The number of hydrogen-bond donors (Lipinski definition) is 2. The van der Waals surface area contributed by atoms with Gasteiger partial charge in [-0.05, 0) is 5.25 Å². The van der Waals surface area contributed by atoms with Crippen molar-refractivity contribution in [3.05, 3.63) is 0 Å². The molecule has 1 atom stereocenters. The van der Waals surface area contributed by atoms with Gasteiger partial charge in [-0.25, -0.2) is 4.79 Å². The number of carbonyl (C=O) groups excluding carboxylic acids is 1. The smallest absolute Gasteiger partial charge is 0.334 e. The summed E-state index contributed by atoms with van der Waals surface area (Å²) in [4.78, 5) is 21.7. The summed E-state index contributed by atoms with van der Waals surface area (Å²) in [5.41, 5.74) is 0. The second kappa shape index (κ2) is 7.53. The van der Waals surface area contributed by atoms with E-state index in [1.807, 2.05) is 13.8 Å². The molecule has 0 saturated carbocycles. The van der Waals surface area contributed by atoms with Crippen molar-refractivity contribution < 1.29 is 19.4 Å². The predicted molar refractivity (Wildman–Crippen MR) is 59.0 cm³/mol. The minimum Gasteiger partial charge on any atom is -0.479 e. The number of aliphatic carboxylic acids is 1. The van der Waals surface area contributed by atoms with Crippen LogP contribution in [-0.4, -0.2) is 47.7 Å². The molecule has 2 N–H and O–H groups in total. The van der Waals surface area contributed by atoms with E-state index < -0.39 is 12.1 Å². The fraction of sp³-hybridized carbons (Fsp3) is 0.778. The van der Waals surface area contributed by atoms with Crippen LogP contribution >= 0.6 is 11.8 Å². The maximum Gasteiger partial charge on any atom is 0.334 e. The van der Waals surface area contributed by atoms with Gasteiger partial charge in [0.15, 0.2) is 6.10 Å². The molecule has 1 unspecified atom stereocenters. The Balaban J connectivity index is 3.74. The normalized spacial score (nSPS) is 12.5. The van der Waals surface area contributed by atoms with Gasteiger partial charge in [0.2, 0.25) is 5.91 Å². The number of ether oxygens (including phenoxy) is 1. The van der Waals surface area contributed by atoms with E-state index in [-0.39, 0.29) is 12.5 Å². The molecule has 0 aliphatic heterocycles. The third kappa shape index (κ3) is 7.21. The van der Waals surface area contributed by atoms with E-state index >= 15 is 0 Å². The highest BCUT2D eigenvalue weighted by molar-refractivity contribution is 8.00. The zero-order valence-corrected chi connectivity index (χ0v) is 9.97. The van der Waals surface area contributed by atoms with E-state index in [9.17, 15) is 9.59 Å². The molecule has 15 heavy (non-hydrogen) atoms. The second-order valence-corrected chi connectivity index (χ2v) is 4.79. The van der Waals surface area contributed by atoms with Gasteiger partial charge in [-0.1, -0.05) is 13.8 Å². The Bertz CT molecular complexity index is 220. The van der Waals surface area contributed by atoms with Crippen LogP contribution in [0, 0.1) is 0 Å². The molecule has 0 radical (unpaired) electrons. The first-order chi connectivity index (χ1) is 6.97. The average Bonchev–Trinajstić information content (AvgIpc) is 2.15. The fourth-order valence-electron chi connectivity index (χ4n) is 0.771. The third-order valence-corrected chi connectivity index (χ3v) is 2.69. The van der Waals surface area contributed by atoms with Gasteiger partial charge < -0.3 is 15.2 Å². The van der Waals surface area contributed by atoms with Gasteiger partial charge >= 0.3 is 5.97 Å². The van der Waals surface area contributed by atoms with E-state index in [0.29, 0.717) is 11.0 Å². The molecule has 0 aliphatic carbocycles. The fourth-order valence-corrected chi connectivity index (χ4v) is 1.36. The molecule has 0 aromatic carbocycles. The lowest BCUT2D eigenvalue weighted by molar-refractivity contribution is -0.148. The Kier molecular flexibility index (Phi) is 7.15. The molecule has 0 saturated heterocycles. The highest BCUT2D eigenvalue weighted by atomic mass is 32.2. The third-order valence-electron chi connectivity index (χ3n) is 1.59. The van der Waals surface area contributed by atoms with Crippen LogP contribution in [-0.2, 0) is 14.3 Å². The molecule has 0 fully saturated rings. The highest BCUT2D eigenvalue weighted by Crippen LogP contribution is 2.07. The number of carbonyl (C=O) groups is 2. The Labute approximate surface area is 93.6 Å². The molecule has 0 spiro atoms. The zero-order chi connectivity index (χ0) is 11.8. The first-order valence-electron chi connectivity index (χ1n) is 4.61. The molecule has 1 amide bonds. The highest BCUT2D eigenvalue weighted by Gasteiger charge is 2.16. The number of amides is 1. The summed E-state index contributed by atoms with van der Waals surface area (Å²) in [5, 5.41) is 11.5. The van der Waals surface area contributed by atoms with Crippen molar-refractivity contribution in [1.82, 2.24) is 5.32 Å². The Hall–Kier alpha value is -0.750. The molecule has 0 bridgehead atoms. The first kappa shape index (κ1) is 14.2. The number of carboxylic acid groups (broad SMARTS) is 1. The number of carboxylic acids is 1. The SMILES string of the molecule is COC(CNC(=O)CSC(C)C)C(=O)O. The summed E-state index contributed by atoms with van der Waals surface area (Å²) in [6.45, 7) is 3.99. The van der Waals surface area contributed by atoms with Gasteiger partial charge in [-0.15, -0.1) is 11.8 Å². The van der Waals surface area contributed by atoms with Gasteiger partial charge in [-0.3, -0.25) is 4.79 Å². The second-order valence-electron chi connectivity index (χ2n) is 3.23. The lowest BCUT2D eigenvalue weighted by atomic mass is 10.3. The van der Waals surface area contributed by atoms with Crippen molar-refractivity contribution in [2.75, 3.05) is 19.4 Å². The molecule has 88 valence electrons. The lowest BCUT2D eigenvalue weighted by Gasteiger charge is -2.11.